The third-order valence-corrected chi connectivity index (χ3v) is 3.50. The van der Waals surface area contributed by atoms with E-state index in [1.54, 1.807) is 6.26 Å². The van der Waals surface area contributed by atoms with Gasteiger partial charge in [0.25, 0.3) is 0 Å². The number of furan rings is 1. The van der Waals surface area contributed by atoms with Crippen LogP contribution in [0.25, 0.3) is 0 Å². The van der Waals surface area contributed by atoms with Crippen LogP contribution in [0.2, 0.25) is 0 Å². The van der Waals surface area contributed by atoms with Crippen molar-refractivity contribution in [2.24, 2.45) is 4.99 Å². The first-order valence-electron chi connectivity index (χ1n) is 8.54. The molecule has 0 atom stereocenters. The Morgan fingerprint density at radius 1 is 1.04 bits per heavy atom. The predicted molar refractivity (Wildman–Crippen MR) is 113 cm³/mol. The third kappa shape index (κ3) is 9.50. The quantitative estimate of drug-likeness (QED) is 0.249. The number of hydrogen-bond donors (Lipinski definition) is 2. The molecule has 0 aliphatic heterocycles. The average molecular weight is 457 g/mol. The fraction of sp³-hybridized carbons (Fsp3) is 0.421. The molecule has 0 unspecified atom stereocenters. The minimum atomic E-state index is 0. The Labute approximate surface area is 167 Å². The molecule has 1 aromatic heterocycles. The summed E-state index contributed by atoms with van der Waals surface area (Å²) in [6.07, 6.45) is 3.49. The molecule has 0 amide bonds. The predicted octanol–water partition coefficient (Wildman–Crippen LogP) is 3.25. The molecule has 0 bridgehead atoms. The molecule has 25 heavy (non-hydrogen) atoms. The van der Waals surface area contributed by atoms with Gasteiger partial charge in [-0.2, -0.15) is 0 Å². The maximum Gasteiger partial charge on any atom is 0.191 e. The summed E-state index contributed by atoms with van der Waals surface area (Å²) in [7, 11) is 0. The van der Waals surface area contributed by atoms with Crippen molar-refractivity contribution in [1.29, 1.82) is 0 Å². The van der Waals surface area contributed by atoms with Gasteiger partial charge in [-0.1, -0.05) is 30.3 Å². The van der Waals surface area contributed by atoms with Crippen molar-refractivity contribution in [3.05, 3.63) is 60.1 Å². The van der Waals surface area contributed by atoms with Gasteiger partial charge in [-0.25, -0.2) is 0 Å². The average Bonchev–Trinajstić information content (AvgIpc) is 3.12. The zero-order chi connectivity index (χ0) is 16.9. The number of guanidine groups is 1. The Kier molecular flexibility index (Phi) is 11.8. The van der Waals surface area contributed by atoms with Crippen molar-refractivity contribution in [3.63, 3.8) is 0 Å². The van der Waals surface area contributed by atoms with Gasteiger partial charge in [0.2, 0.25) is 0 Å². The summed E-state index contributed by atoms with van der Waals surface area (Å²) in [5, 5.41) is 6.72. The first-order chi connectivity index (χ1) is 11.9. The molecule has 0 aliphatic rings. The monoisotopic (exact) mass is 457 g/mol. The molecule has 1 heterocycles. The van der Waals surface area contributed by atoms with E-state index in [0.717, 1.165) is 44.3 Å². The molecule has 2 aromatic rings. The highest BCUT2D eigenvalue weighted by molar-refractivity contribution is 14.0. The fourth-order valence-electron chi connectivity index (χ4n) is 2.27. The molecule has 5 nitrogen and oxygen atoms in total. The van der Waals surface area contributed by atoms with Gasteiger partial charge >= 0.3 is 0 Å². The molecule has 6 heteroatoms. The third-order valence-electron chi connectivity index (χ3n) is 3.50. The summed E-state index contributed by atoms with van der Waals surface area (Å²) in [4.78, 5) is 4.55. The molecule has 0 fully saturated rings. The van der Waals surface area contributed by atoms with E-state index >= 15 is 0 Å². The molecule has 2 N–H and O–H groups in total. The highest BCUT2D eigenvalue weighted by atomic mass is 127. The van der Waals surface area contributed by atoms with Crippen molar-refractivity contribution in [2.45, 2.75) is 19.8 Å². The van der Waals surface area contributed by atoms with Crippen molar-refractivity contribution in [2.75, 3.05) is 32.8 Å². The van der Waals surface area contributed by atoms with Gasteiger partial charge in [0.05, 0.1) is 19.4 Å². The molecule has 1 aromatic carbocycles. The standard InChI is InChI=1S/C19H27N3O2.HI/c1-2-23-16-14-22-19(21-13-11-18-9-6-15-24-18)20-12-10-17-7-4-3-5-8-17;/h3-9,15H,2,10-14,16H2,1H3,(H2,20,21,22);1H. The number of aliphatic imine (C=N–C) groups is 1. The summed E-state index contributed by atoms with van der Waals surface area (Å²) in [5.74, 6) is 1.79. The summed E-state index contributed by atoms with van der Waals surface area (Å²) >= 11 is 0. The van der Waals surface area contributed by atoms with Gasteiger partial charge < -0.3 is 19.8 Å². The molecule has 0 saturated carbocycles. The van der Waals surface area contributed by atoms with Crippen molar-refractivity contribution >= 4 is 29.9 Å². The molecule has 0 spiro atoms. The number of nitrogens with one attached hydrogen (secondary N) is 2. The number of ether oxygens (including phenoxy) is 1. The SMILES string of the molecule is CCOCCN=C(NCCc1ccccc1)NCCc1ccco1.I. The van der Waals surface area contributed by atoms with Crippen LogP contribution < -0.4 is 10.6 Å². The zero-order valence-corrected chi connectivity index (χ0v) is 17.1. The van der Waals surface area contributed by atoms with Crippen LogP contribution in [0.4, 0.5) is 0 Å². The summed E-state index contributed by atoms with van der Waals surface area (Å²) in [5.41, 5.74) is 1.31. The van der Waals surface area contributed by atoms with Crippen LogP contribution in [0.1, 0.15) is 18.2 Å². The van der Waals surface area contributed by atoms with Gasteiger partial charge in [0.15, 0.2) is 5.96 Å². The maximum absolute atomic E-state index is 5.35. The molecule has 0 aliphatic carbocycles. The molecule has 2 rings (SSSR count). The van der Waals surface area contributed by atoms with Crippen molar-refractivity contribution in [3.8, 4) is 0 Å². The largest absolute Gasteiger partial charge is 0.469 e. The molecule has 0 saturated heterocycles. The summed E-state index contributed by atoms with van der Waals surface area (Å²) in [6.45, 7) is 5.61. The molecule has 138 valence electrons. The lowest BCUT2D eigenvalue weighted by Gasteiger charge is -2.12. The number of halogens is 1. The Morgan fingerprint density at radius 2 is 1.80 bits per heavy atom. The van der Waals surface area contributed by atoms with Gasteiger partial charge in [0, 0.05) is 26.1 Å². The van der Waals surface area contributed by atoms with E-state index in [1.165, 1.54) is 5.56 Å². The normalized spacial score (nSPS) is 11.0. The Bertz CT molecular complexity index is 574. The number of rotatable bonds is 10. The number of hydrogen-bond acceptors (Lipinski definition) is 3. The van der Waals surface area contributed by atoms with E-state index in [-0.39, 0.29) is 24.0 Å². The van der Waals surface area contributed by atoms with E-state index in [9.17, 15) is 0 Å². The molecular formula is C19H28IN3O2. The molecular weight excluding hydrogens is 429 g/mol. The lowest BCUT2D eigenvalue weighted by molar-refractivity contribution is 0.155. The topological polar surface area (TPSA) is 58.8 Å². The fourth-order valence-corrected chi connectivity index (χ4v) is 2.27. The second-order valence-corrected chi connectivity index (χ2v) is 5.35. The van der Waals surface area contributed by atoms with Gasteiger partial charge in [0.1, 0.15) is 5.76 Å². The smallest absolute Gasteiger partial charge is 0.191 e. The van der Waals surface area contributed by atoms with Crippen LogP contribution in [0.3, 0.4) is 0 Å². The highest BCUT2D eigenvalue weighted by Crippen LogP contribution is 2.00. The van der Waals surface area contributed by atoms with E-state index in [4.69, 9.17) is 9.15 Å². The number of benzene rings is 1. The zero-order valence-electron chi connectivity index (χ0n) is 14.7. The van der Waals surface area contributed by atoms with E-state index in [1.807, 2.05) is 25.1 Å². The van der Waals surface area contributed by atoms with Crippen LogP contribution >= 0.6 is 24.0 Å². The Morgan fingerprint density at radius 3 is 2.48 bits per heavy atom. The lowest BCUT2D eigenvalue weighted by Crippen LogP contribution is -2.39. The first-order valence-corrected chi connectivity index (χ1v) is 8.54. The van der Waals surface area contributed by atoms with E-state index in [0.29, 0.717) is 13.2 Å². The minimum Gasteiger partial charge on any atom is -0.469 e. The Balaban J connectivity index is 0.00000312. The lowest BCUT2D eigenvalue weighted by atomic mass is 10.1. The van der Waals surface area contributed by atoms with Crippen molar-refractivity contribution in [1.82, 2.24) is 10.6 Å². The van der Waals surface area contributed by atoms with E-state index in [2.05, 4.69) is 39.9 Å². The summed E-state index contributed by atoms with van der Waals surface area (Å²) in [6, 6.07) is 14.3. The van der Waals surface area contributed by atoms with Gasteiger partial charge in [-0.3, -0.25) is 4.99 Å². The van der Waals surface area contributed by atoms with Crippen LogP contribution in [-0.2, 0) is 17.6 Å². The van der Waals surface area contributed by atoms with Gasteiger partial charge in [-0.05, 0) is 31.0 Å². The minimum absolute atomic E-state index is 0. The summed E-state index contributed by atoms with van der Waals surface area (Å²) < 4.78 is 10.7. The van der Waals surface area contributed by atoms with Gasteiger partial charge in [-0.15, -0.1) is 24.0 Å². The van der Waals surface area contributed by atoms with Crippen LogP contribution in [-0.4, -0.2) is 38.8 Å². The van der Waals surface area contributed by atoms with Crippen LogP contribution in [0.5, 0.6) is 0 Å². The van der Waals surface area contributed by atoms with Crippen molar-refractivity contribution < 1.29 is 9.15 Å². The second kappa shape index (κ2) is 13.7. The number of nitrogens with zero attached hydrogens (tertiary/aromatic N) is 1. The van der Waals surface area contributed by atoms with E-state index < -0.39 is 0 Å². The Hall–Kier alpha value is -1.54. The second-order valence-electron chi connectivity index (χ2n) is 5.35. The van der Waals surface area contributed by atoms with Crippen LogP contribution in [0.15, 0.2) is 58.1 Å². The first kappa shape index (κ1) is 21.5. The highest BCUT2D eigenvalue weighted by Gasteiger charge is 2.00. The molecule has 0 radical (unpaired) electrons. The van der Waals surface area contributed by atoms with Crippen LogP contribution in [0, 0.1) is 0 Å². The maximum atomic E-state index is 5.35.